The van der Waals surface area contributed by atoms with Gasteiger partial charge < -0.3 is 10.2 Å². The zero-order valence-electron chi connectivity index (χ0n) is 14.0. The van der Waals surface area contributed by atoms with Crippen LogP contribution in [0.15, 0.2) is 34.9 Å². The minimum absolute atomic E-state index is 0.110. The monoisotopic (exact) mass is 278 g/mol. The standard InChI is InChI=1S/C18H30O2/c1-12(10-17(3,4)5)8-9-14-13(2)16(20)15(19)11-18(14,6)7/h8-10,15-16,19-20H,11H2,1-7H3/b9-8+,12-10+. The van der Waals surface area contributed by atoms with Crippen LogP contribution in [0.5, 0.6) is 0 Å². The molecule has 20 heavy (non-hydrogen) atoms. The van der Waals surface area contributed by atoms with E-state index in [0.717, 1.165) is 11.1 Å². The lowest BCUT2D eigenvalue weighted by Crippen LogP contribution is -2.38. The van der Waals surface area contributed by atoms with E-state index in [1.165, 1.54) is 5.57 Å². The molecule has 0 aromatic heterocycles. The van der Waals surface area contributed by atoms with Gasteiger partial charge in [-0.1, -0.05) is 58.4 Å². The first-order valence-corrected chi connectivity index (χ1v) is 7.39. The lowest BCUT2D eigenvalue weighted by atomic mass is 9.70. The zero-order chi connectivity index (χ0) is 15.7. The Hall–Kier alpha value is -0.860. The van der Waals surface area contributed by atoms with Gasteiger partial charge in [0.05, 0.1) is 6.10 Å². The predicted octanol–water partition coefficient (Wildman–Crippen LogP) is 4.00. The fourth-order valence-corrected chi connectivity index (χ4v) is 3.03. The third-order valence-electron chi connectivity index (χ3n) is 3.86. The molecule has 0 amide bonds. The molecule has 0 aromatic rings. The fraction of sp³-hybridized carbons (Fsp3) is 0.667. The van der Waals surface area contributed by atoms with Crippen LogP contribution in [0.3, 0.4) is 0 Å². The molecule has 0 aliphatic heterocycles. The van der Waals surface area contributed by atoms with Crippen LogP contribution < -0.4 is 0 Å². The fourth-order valence-electron chi connectivity index (χ4n) is 3.03. The Morgan fingerprint density at radius 2 is 1.80 bits per heavy atom. The third kappa shape index (κ3) is 4.32. The summed E-state index contributed by atoms with van der Waals surface area (Å²) in [5, 5.41) is 20.0. The van der Waals surface area contributed by atoms with Gasteiger partial charge in [0.15, 0.2) is 0 Å². The van der Waals surface area contributed by atoms with E-state index in [0.29, 0.717) is 6.42 Å². The summed E-state index contributed by atoms with van der Waals surface area (Å²) < 4.78 is 0. The molecule has 0 saturated carbocycles. The van der Waals surface area contributed by atoms with E-state index in [1.54, 1.807) is 0 Å². The van der Waals surface area contributed by atoms with Crippen molar-refractivity contribution >= 4 is 0 Å². The summed E-state index contributed by atoms with van der Waals surface area (Å²) in [5.74, 6) is 0. The van der Waals surface area contributed by atoms with Gasteiger partial charge >= 0.3 is 0 Å². The van der Waals surface area contributed by atoms with Crippen molar-refractivity contribution in [1.29, 1.82) is 0 Å². The average Bonchev–Trinajstić information content (AvgIpc) is 2.22. The highest BCUT2D eigenvalue weighted by Crippen LogP contribution is 2.41. The second kappa shape index (κ2) is 5.87. The molecule has 2 nitrogen and oxygen atoms in total. The Labute approximate surface area is 123 Å². The number of aliphatic hydroxyl groups is 2. The van der Waals surface area contributed by atoms with Crippen molar-refractivity contribution in [3.8, 4) is 0 Å². The van der Waals surface area contributed by atoms with Gasteiger partial charge in [-0.2, -0.15) is 0 Å². The van der Waals surface area contributed by atoms with Crippen LogP contribution in [-0.2, 0) is 0 Å². The molecule has 1 aliphatic rings. The van der Waals surface area contributed by atoms with E-state index >= 15 is 0 Å². The molecule has 1 rings (SSSR count). The lowest BCUT2D eigenvalue weighted by Gasteiger charge is -2.38. The molecule has 1 aliphatic carbocycles. The van der Waals surface area contributed by atoms with Crippen molar-refractivity contribution in [2.45, 2.75) is 67.1 Å². The minimum atomic E-state index is -0.741. The highest BCUT2D eigenvalue weighted by atomic mass is 16.3. The number of rotatable bonds is 2. The largest absolute Gasteiger partial charge is 0.390 e. The molecule has 0 aromatic carbocycles. The van der Waals surface area contributed by atoms with Crippen LogP contribution in [-0.4, -0.2) is 22.4 Å². The third-order valence-corrected chi connectivity index (χ3v) is 3.86. The summed E-state index contributed by atoms with van der Waals surface area (Å²) in [4.78, 5) is 0. The van der Waals surface area contributed by atoms with Crippen LogP contribution in [0.2, 0.25) is 0 Å². The number of allylic oxidation sites excluding steroid dienone is 5. The van der Waals surface area contributed by atoms with E-state index in [9.17, 15) is 10.2 Å². The first-order valence-electron chi connectivity index (χ1n) is 7.39. The van der Waals surface area contributed by atoms with Gasteiger partial charge in [-0.3, -0.25) is 0 Å². The second-order valence-electron chi connectivity index (χ2n) is 7.78. The summed E-state index contributed by atoms with van der Waals surface area (Å²) >= 11 is 0. The predicted molar refractivity (Wildman–Crippen MR) is 85.5 cm³/mol. The highest BCUT2D eigenvalue weighted by molar-refractivity contribution is 5.38. The molecular formula is C18H30O2. The van der Waals surface area contributed by atoms with E-state index in [2.05, 4.69) is 59.8 Å². The Balaban J connectivity index is 3.08. The molecule has 2 unspecified atom stereocenters. The van der Waals surface area contributed by atoms with Crippen LogP contribution >= 0.6 is 0 Å². The Morgan fingerprint density at radius 3 is 2.30 bits per heavy atom. The summed E-state index contributed by atoms with van der Waals surface area (Å²) in [6.45, 7) is 14.8. The maximum absolute atomic E-state index is 10.0. The van der Waals surface area contributed by atoms with Gasteiger partial charge in [0.25, 0.3) is 0 Å². The number of hydrogen-bond acceptors (Lipinski definition) is 2. The average molecular weight is 278 g/mol. The van der Waals surface area contributed by atoms with E-state index < -0.39 is 12.2 Å². The maximum Gasteiger partial charge on any atom is 0.101 e. The molecule has 0 heterocycles. The van der Waals surface area contributed by atoms with E-state index in [4.69, 9.17) is 0 Å². The Bertz CT molecular complexity index is 445. The van der Waals surface area contributed by atoms with Crippen LogP contribution in [0.1, 0.15) is 54.9 Å². The van der Waals surface area contributed by atoms with Crippen molar-refractivity contribution < 1.29 is 10.2 Å². The second-order valence-corrected chi connectivity index (χ2v) is 7.78. The van der Waals surface area contributed by atoms with Crippen LogP contribution in [0.25, 0.3) is 0 Å². The summed E-state index contributed by atoms with van der Waals surface area (Å²) in [5.41, 5.74) is 3.29. The van der Waals surface area contributed by atoms with Gasteiger partial charge in [0.2, 0.25) is 0 Å². The SMILES string of the molecule is CC1=C(/C=C/C(C)=C/C(C)(C)C)C(C)(C)CC(O)C1O. The van der Waals surface area contributed by atoms with Crippen molar-refractivity contribution in [1.82, 2.24) is 0 Å². The molecule has 0 spiro atoms. The molecule has 2 heteroatoms. The molecule has 0 radical (unpaired) electrons. The molecule has 0 saturated heterocycles. The topological polar surface area (TPSA) is 40.5 Å². The van der Waals surface area contributed by atoms with E-state index in [-0.39, 0.29) is 10.8 Å². The summed E-state index contributed by atoms with van der Waals surface area (Å²) in [6.07, 6.45) is 5.63. The van der Waals surface area contributed by atoms with Crippen molar-refractivity contribution in [3.63, 3.8) is 0 Å². The van der Waals surface area contributed by atoms with Gasteiger partial charge in [-0.05, 0) is 42.2 Å². The van der Waals surface area contributed by atoms with Gasteiger partial charge in [-0.25, -0.2) is 0 Å². The molecule has 0 bridgehead atoms. The minimum Gasteiger partial charge on any atom is -0.390 e. The maximum atomic E-state index is 10.0. The lowest BCUT2D eigenvalue weighted by molar-refractivity contribution is 0.00686. The first kappa shape index (κ1) is 17.2. The smallest absolute Gasteiger partial charge is 0.101 e. The van der Waals surface area contributed by atoms with E-state index in [1.807, 2.05) is 6.92 Å². The van der Waals surface area contributed by atoms with Gasteiger partial charge in [-0.15, -0.1) is 0 Å². The summed E-state index contributed by atoms with van der Waals surface area (Å²) in [6, 6.07) is 0. The highest BCUT2D eigenvalue weighted by Gasteiger charge is 2.36. The molecule has 0 fully saturated rings. The van der Waals surface area contributed by atoms with Crippen molar-refractivity contribution in [2.75, 3.05) is 0 Å². The Kier molecular flexibility index (Phi) is 5.04. The quantitative estimate of drug-likeness (QED) is 0.749. The van der Waals surface area contributed by atoms with Crippen molar-refractivity contribution in [2.24, 2.45) is 10.8 Å². The van der Waals surface area contributed by atoms with Gasteiger partial charge in [0, 0.05) is 0 Å². The van der Waals surface area contributed by atoms with Crippen LogP contribution in [0.4, 0.5) is 0 Å². The molecular weight excluding hydrogens is 248 g/mol. The Morgan fingerprint density at radius 1 is 1.25 bits per heavy atom. The molecule has 2 N–H and O–H groups in total. The number of hydrogen-bond donors (Lipinski definition) is 2. The van der Waals surface area contributed by atoms with Crippen LogP contribution in [0, 0.1) is 10.8 Å². The zero-order valence-corrected chi connectivity index (χ0v) is 14.0. The summed E-state index contributed by atoms with van der Waals surface area (Å²) in [7, 11) is 0. The normalized spacial score (nSPS) is 28.4. The first-order chi connectivity index (χ1) is 8.94. The van der Waals surface area contributed by atoms with Crippen molar-refractivity contribution in [3.05, 3.63) is 34.9 Å². The van der Waals surface area contributed by atoms with Gasteiger partial charge in [0.1, 0.15) is 6.10 Å². The molecule has 2 atom stereocenters. The number of aliphatic hydroxyl groups excluding tert-OH is 2. The molecule has 114 valence electrons.